The zero-order valence-corrected chi connectivity index (χ0v) is 7.97. The smallest absolute Gasteiger partial charge is 0.264 e. The molecule has 0 spiro atoms. The first kappa shape index (κ1) is 9.95. The molecule has 1 atom stereocenters. The molecule has 1 rings (SSSR count). The summed E-state index contributed by atoms with van der Waals surface area (Å²) in [5, 5.41) is 3.25. The van der Waals surface area contributed by atoms with E-state index in [4.69, 9.17) is 4.55 Å². The normalized spacial score (nSPS) is 20.8. The Labute approximate surface area is 73.1 Å². The summed E-state index contributed by atoms with van der Waals surface area (Å²) in [5.74, 6) is -0.145. The molecular formula is C7H15NO3S. The monoisotopic (exact) mass is 193 g/mol. The van der Waals surface area contributed by atoms with Crippen LogP contribution in [0.2, 0.25) is 0 Å². The van der Waals surface area contributed by atoms with Gasteiger partial charge in [-0.1, -0.05) is 0 Å². The molecule has 0 aromatic rings. The van der Waals surface area contributed by atoms with E-state index in [2.05, 4.69) is 5.32 Å². The standard InChI is InChI=1S/C7H15NO3S/c1-6(8-7-2-3-7)4-5-12(9,10)11/h6-8H,2-5H2,1H3,(H,9,10,11). The van der Waals surface area contributed by atoms with E-state index < -0.39 is 10.1 Å². The fourth-order valence-corrected chi connectivity index (χ4v) is 1.71. The molecule has 0 aromatic heterocycles. The highest BCUT2D eigenvalue weighted by Crippen LogP contribution is 2.19. The summed E-state index contributed by atoms with van der Waals surface area (Å²) in [5.41, 5.74) is 0. The van der Waals surface area contributed by atoms with Crippen LogP contribution < -0.4 is 5.32 Å². The zero-order valence-electron chi connectivity index (χ0n) is 7.16. The van der Waals surface area contributed by atoms with Gasteiger partial charge in [0.2, 0.25) is 0 Å². The Morgan fingerprint density at radius 3 is 2.58 bits per heavy atom. The molecule has 0 saturated heterocycles. The van der Waals surface area contributed by atoms with Gasteiger partial charge in [-0.2, -0.15) is 8.42 Å². The molecule has 0 amide bonds. The van der Waals surface area contributed by atoms with Gasteiger partial charge in [0, 0.05) is 12.1 Å². The third kappa shape index (κ3) is 4.69. The van der Waals surface area contributed by atoms with E-state index in [1.54, 1.807) is 0 Å². The number of hydrogen-bond donors (Lipinski definition) is 2. The SMILES string of the molecule is CC(CCS(=O)(=O)O)NC1CC1. The van der Waals surface area contributed by atoms with Gasteiger partial charge in [-0.05, 0) is 26.2 Å². The molecular weight excluding hydrogens is 178 g/mol. The van der Waals surface area contributed by atoms with E-state index >= 15 is 0 Å². The van der Waals surface area contributed by atoms with Crippen molar-refractivity contribution in [2.24, 2.45) is 0 Å². The molecule has 12 heavy (non-hydrogen) atoms. The van der Waals surface area contributed by atoms with Gasteiger partial charge in [0.05, 0.1) is 5.75 Å². The van der Waals surface area contributed by atoms with Crippen molar-refractivity contribution in [3.05, 3.63) is 0 Å². The first-order valence-electron chi connectivity index (χ1n) is 4.18. The Bertz CT molecular complexity index is 233. The van der Waals surface area contributed by atoms with Crippen molar-refractivity contribution in [3.63, 3.8) is 0 Å². The van der Waals surface area contributed by atoms with Crippen molar-refractivity contribution in [1.82, 2.24) is 5.32 Å². The van der Waals surface area contributed by atoms with Gasteiger partial charge in [0.15, 0.2) is 0 Å². The Hall–Kier alpha value is -0.130. The third-order valence-electron chi connectivity index (χ3n) is 1.91. The van der Waals surface area contributed by atoms with Crippen molar-refractivity contribution >= 4 is 10.1 Å². The van der Waals surface area contributed by atoms with Crippen molar-refractivity contribution in [3.8, 4) is 0 Å². The molecule has 1 saturated carbocycles. The second kappa shape index (κ2) is 3.72. The summed E-state index contributed by atoms with van der Waals surface area (Å²) in [7, 11) is -3.77. The van der Waals surface area contributed by atoms with E-state index in [0.29, 0.717) is 12.5 Å². The van der Waals surface area contributed by atoms with Crippen LogP contribution in [-0.2, 0) is 10.1 Å². The van der Waals surface area contributed by atoms with Gasteiger partial charge >= 0.3 is 0 Å². The maximum Gasteiger partial charge on any atom is 0.264 e. The van der Waals surface area contributed by atoms with E-state index in [-0.39, 0.29) is 11.8 Å². The summed E-state index contributed by atoms with van der Waals surface area (Å²) >= 11 is 0. The van der Waals surface area contributed by atoms with Crippen LogP contribution in [0.4, 0.5) is 0 Å². The Morgan fingerprint density at radius 2 is 2.17 bits per heavy atom. The molecule has 4 nitrogen and oxygen atoms in total. The van der Waals surface area contributed by atoms with E-state index in [0.717, 1.165) is 0 Å². The lowest BCUT2D eigenvalue weighted by atomic mass is 10.2. The van der Waals surface area contributed by atoms with Gasteiger partial charge in [0.25, 0.3) is 10.1 Å². The lowest BCUT2D eigenvalue weighted by molar-refractivity contribution is 0.468. The van der Waals surface area contributed by atoms with Crippen LogP contribution in [0.3, 0.4) is 0 Å². The van der Waals surface area contributed by atoms with Gasteiger partial charge in [-0.3, -0.25) is 4.55 Å². The van der Waals surface area contributed by atoms with E-state index in [1.807, 2.05) is 6.92 Å². The zero-order chi connectivity index (χ0) is 9.19. The molecule has 1 unspecified atom stereocenters. The molecule has 5 heteroatoms. The fourth-order valence-electron chi connectivity index (χ4n) is 1.06. The highest BCUT2D eigenvalue weighted by molar-refractivity contribution is 7.85. The van der Waals surface area contributed by atoms with Gasteiger partial charge < -0.3 is 5.32 Å². The third-order valence-corrected chi connectivity index (χ3v) is 2.66. The van der Waals surface area contributed by atoms with Crippen LogP contribution in [-0.4, -0.2) is 30.8 Å². The van der Waals surface area contributed by atoms with Gasteiger partial charge in [-0.25, -0.2) is 0 Å². The van der Waals surface area contributed by atoms with Crippen LogP contribution in [0, 0.1) is 0 Å². The molecule has 1 aliphatic carbocycles. The largest absolute Gasteiger partial charge is 0.311 e. The summed E-state index contributed by atoms with van der Waals surface area (Å²) in [6.07, 6.45) is 2.86. The topological polar surface area (TPSA) is 66.4 Å². The molecule has 1 fully saturated rings. The molecule has 72 valence electrons. The first-order valence-corrected chi connectivity index (χ1v) is 5.79. The Balaban J connectivity index is 2.12. The number of hydrogen-bond acceptors (Lipinski definition) is 3. The number of rotatable bonds is 5. The van der Waals surface area contributed by atoms with Crippen molar-refractivity contribution < 1.29 is 13.0 Å². The lowest BCUT2D eigenvalue weighted by Gasteiger charge is -2.11. The molecule has 1 aliphatic rings. The summed E-state index contributed by atoms with van der Waals surface area (Å²) < 4.78 is 29.2. The summed E-state index contributed by atoms with van der Waals surface area (Å²) in [4.78, 5) is 0. The molecule has 2 N–H and O–H groups in total. The minimum Gasteiger partial charge on any atom is -0.311 e. The summed E-state index contributed by atoms with van der Waals surface area (Å²) in [6.45, 7) is 1.93. The second-order valence-corrected chi connectivity index (χ2v) is 4.99. The predicted molar refractivity (Wildman–Crippen MR) is 46.7 cm³/mol. The minimum atomic E-state index is -3.77. The fraction of sp³-hybridized carbons (Fsp3) is 1.00. The lowest BCUT2D eigenvalue weighted by Crippen LogP contribution is -2.29. The van der Waals surface area contributed by atoms with E-state index in [9.17, 15) is 8.42 Å². The van der Waals surface area contributed by atoms with E-state index in [1.165, 1.54) is 12.8 Å². The molecule has 0 aromatic carbocycles. The maximum atomic E-state index is 10.4. The molecule has 0 aliphatic heterocycles. The highest BCUT2D eigenvalue weighted by atomic mass is 32.2. The summed E-state index contributed by atoms with van der Waals surface area (Å²) in [6, 6.07) is 0.765. The number of nitrogens with one attached hydrogen (secondary N) is 1. The quantitative estimate of drug-likeness (QED) is 0.620. The Morgan fingerprint density at radius 1 is 1.58 bits per heavy atom. The second-order valence-electron chi connectivity index (χ2n) is 3.42. The average Bonchev–Trinajstić information content (AvgIpc) is 2.66. The first-order chi connectivity index (χ1) is 5.47. The molecule has 0 radical (unpaired) electrons. The molecule has 0 heterocycles. The average molecular weight is 193 g/mol. The van der Waals surface area contributed by atoms with Gasteiger partial charge in [0.1, 0.15) is 0 Å². The van der Waals surface area contributed by atoms with Crippen molar-refractivity contribution in [1.29, 1.82) is 0 Å². The predicted octanol–water partition coefficient (Wildman–Crippen LogP) is 0.405. The highest BCUT2D eigenvalue weighted by Gasteiger charge is 2.23. The van der Waals surface area contributed by atoms with Crippen LogP contribution in [0.25, 0.3) is 0 Å². The van der Waals surface area contributed by atoms with Crippen molar-refractivity contribution in [2.75, 3.05) is 5.75 Å². The van der Waals surface area contributed by atoms with Crippen LogP contribution in [0.1, 0.15) is 26.2 Å². The van der Waals surface area contributed by atoms with Crippen molar-refractivity contribution in [2.45, 2.75) is 38.3 Å². The van der Waals surface area contributed by atoms with Gasteiger partial charge in [-0.15, -0.1) is 0 Å². The maximum absolute atomic E-state index is 10.4. The van der Waals surface area contributed by atoms with Crippen LogP contribution in [0.15, 0.2) is 0 Å². The van der Waals surface area contributed by atoms with Crippen LogP contribution in [0.5, 0.6) is 0 Å². The van der Waals surface area contributed by atoms with Crippen LogP contribution >= 0.6 is 0 Å². The molecule has 0 bridgehead atoms. The minimum absolute atomic E-state index is 0.145. The Kier molecular flexibility index (Phi) is 3.09.